The van der Waals surface area contributed by atoms with E-state index in [9.17, 15) is 19.2 Å². The highest BCUT2D eigenvalue weighted by molar-refractivity contribution is 7.16. The molecule has 0 spiro atoms. The Balaban J connectivity index is 1.71. The number of ether oxygens (including phenoxy) is 2. The number of carbonyl (C=O) groups is 2. The van der Waals surface area contributed by atoms with E-state index in [-0.39, 0.29) is 24.6 Å². The lowest BCUT2D eigenvalue weighted by Gasteiger charge is -2.08. The van der Waals surface area contributed by atoms with Crippen molar-refractivity contribution in [3.63, 3.8) is 0 Å². The zero-order valence-electron chi connectivity index (χ0n) is 19.0. The monoisotopic (exact) mass is 478 g/mol. The highest BCUT2D eigenvalue weighted by Crippen LogP contribution is 2.33. The van der Waals surface area contributed by atoms with Gasteiger partial charge in [0.25, 0.3) is 5.91 Å². The van der Waals surface area contributed by atoms with E-state index in [4.69, 9.17) is 9.47 Å². The number of aryl methyl sites for hydroxylation is 1. The number of nitrogens with zero attached hydrogens (tertiary/aromatic N) is 1. The van der Waals surface area contributed by atoms with Crippen LogP contribution in [0.4, 0.5) is 9.39 Å². The van der Waals surface area contributed by atoms with Crippen molar-refractivity contribution >= 4 is 34.3 Å². The number of nitrogens with one attached hydrogen (secondary N) is 1. The fourth-order valence-electron chi connectivity index (χ4n) is 3.06. The van der Waals surface area contributed by atoms with Gasteiger partial charge >= 0.3 is 5.97 Å². The Morgan fingerprint density at radius 2 is 1.79 bits per heavy atom. The standard InChI is InChI=1S/C26H23FN2O4S/c1-4-32-26(31)23-16(2)17(3)34-25(23)29-24(30)20(14-28)13-18-7-11-22(12-8-18)33-15-19-5-9-21(27)10-6-19/h5-13H,4,15H2,1-3H3,(H,29,30). The van der Waals surface area contributed by atoms with E-state index in [1.54, 1.807) is 50.2 Å². The molecule has 1 amide bonds. The summed E-state index contributed by atoms with van der Waals surface area (Å²) in [5.41, 5.74) is 2.38. The van der Waals surface area contributed by atoms with Crippen LogP contribution in [0.2, 0.25) is 0 Å². The van der Waals surface area contributed by atoms with Gasteiger partial charge in [-0.2, -0.15) is 5.26 Å². The second kappa shape index (κ2) is 11.3. The second-order valence-corrected chi connectivity index (χ2v) is 8.54. The second-order valence-electron chi connectivity index (χ2n) is 7.32. The molecular formula is C26H23FN2O4S. The van der Waals surface area contributed by atoms with Gasteiger partial charge in [0.05, 0.1) is 12.2 Å². The Morgan fingerprint density at radius 3 is 2.41 bits per heavy atom. The number of anilines is 1. The van der Waals surface area contributed by atoms with E-state index >= 15 is 0 Å². The quantitative estimate of drug-likeness (QED) is 0.251. The molecule has 34 heavy (non-hydrogen) atoms. The normalized spacial score (nSPS) is 11.0. The average molecular weight is 479 g/mol. The van der Waals surface area contributed by atoms with E-state index in [0.717, 1.165) is 16.0 Å². The maximum atomic E-state index is 13.0. The predicted molar refractivity (Wildman–Crippen MR) is 129 cm³/mol. The summed E-state index contributed by atoms with van der Waals surface area (Å²) in [6.45, 7) is 5.84. The largest absolute Gasteiger partial charge is 0.489 e. The van der Waals surface area contributed by atoms with Crippen molar-refractivity contribution in [2.75, 3.05) is 11.9 Å². The van der Waals surface area contributed by atoms with Crippen LogP contribution in [-0.2, 0) is 16.1 Å². The molecule has 8 heteroatoms. The Labute approximate surface area is 201 Å². The van der Waals surface area contributed by atoms with Gasteiger partial charge in [0.1, 0.15) is 34.8 Å². The fraction of sp³-hybridized carbons (Fsp3) is 0.192. The van der Waals surface area contributed by atoms with Crippen molar-refractivity contribution in [3.8, 4) is 11.8 Å². The molecular weight excluding hydrogens is 455 g/mol. The summed E-state index contributed by atoms with van der Waals surface area (Å²) in [5, 5.41) is 12.5. The van der Waals surface area contributed by atoms with Gasteiger partial charge in [-0.05, 0) is 67.8 Å². The Hall–Kier alpha value is -3.96. The molecule has 0 saturated carbocycles. The van der Waals surface area contributed by atoms with E-state index in [1.807, 2.05) is 13.0 Å². The van der Waals surface area contributed by atoms with Crippen molar-refractivity contribution in [1.29, 1.82) is 5.26 Å². The first-order valence-corrected chi connectivity index (χ1v) is 11.3. The molecule has 0 fully saturated rings. The average Bonchev–Trinajstić information content (AvgIpc) is 3.10. The lowest BCUT2D eigenvalue weighted by Crippen LogP contribution is -2.16. The molecule has 0 bridgehead atoms. The minimum Gasteiger partial charge on any atom is -0.489 e. The summed E-state index contributed by atoms with van der Waals surface area (Å²) in [6.07, 6.45) is 1.45. The summed E-state index contributed by atoms with van der Waals surface area (Å²) < 4.78 is 23.8. The van der Waals surface area contributed by atoms with E-state index in [1.165, 1.54) is 29.5 Å². The van der Waals surface area contributed by atoms with Crippen LogP contribution in [0.15, 0.2) is 54.1 Å². The molecule has 174 valence electrons. The fourth-order valence-corrected chi connectivity index (χ4v) is 4.10. The summed E-state index contributed by atoms with van der Waals surface area (Å²) in [7, 11) is 0. The number of benzene rings is 2. The number of hydrogen-bond acceptors (Lipinski definition) is 6. The maximum Gasteiger partial charge on any atom is 0.341 e. The van der Waals surface area contributed by atoms with Gasteiger partial charge in [0.2, 0.25) is 0 Å². The predicted octanol–water partition coefficient (Wildman–Crippen LogP) is 5.81. The van der Waals surface area contributed by atoms with Gasteiger partial charge in [-0.3, -0.25) is 4.79 Å². The first kappa shape index (κ1) is 24.7. The molecule has 0 aliphatic rings. The van der Waals surface area contributed by atoms with Crippen molar-refractivity contribution in [3.05, 3.63) is 87.1 Å². The molecule has 0 atom stereocenters. The van der Waals surface area contributed by atoms with Crippen LogP contribution in [0.5, 0.6) is 5.75 Å². The minimum atomic E-state index is -0.620. The van der Waals surface area contributed by atoms with Gasteiger partial charge in [-0.25, -0.2) is 9.18 Å². The van der Waals surface area contributed by atoms with Crippen LogP contribution in [0, 0.1) is 31.0 Å². The van der Waals surface area contributed by atoms with Crippen molar-refractivity contribution in [2.45, 2.75) is 27.4 Å². The molecule has 6 nitrogen and oxygen atoms in total. The van der Waals surface area contributed by atoms with E-state index < -0.39 is 11.9 Å². The Morgan fingerprint density at radius 1 is 1.12 bits per heavy atom. The van der Waals surface area contributed by atoms with Gasteiger partial charge in [0, 0.05) is 4.88 Å². The first-order valence-electron chi connectivity index (χ1n) is 10.5. The highest BCUT2D eigenvalue weighted by Gasteiger charge is 2.23. The van der Waals surface area contributed by atoms with Crippen LogP contribution in [0.1, 0.15) is 38.8 Å². The minimum absolute atomic E-state index is 0.113. The Bertz CT molecular complexity index is 1260. The van der Waals surface area contributed by atoms with E-state index in [2.05, 4.69) is 5.32 Å². The summed E-state index contributed by atoms with van der Waals surface area (Å²) in [5.74, 6) is -0.851. The first-order chi connectivity index (χ1) is 16.3. The van der Waals surface area contributed by atoms with Gasteiger partial charge in [-0.1, -0.05) is 24.3 Å². The lowest BCUT2D eigenvalue weighted by molar-refractivity contribution is -0.112. The van der Waals surface area contributed by atoms with Crippen LogP contribution in [-0.4, -0.2) is 18.5 Å². The SMILES string of the molecule is CCOC(=O)c1c(NC(=O)C(C#N)=Cc2ccc(OCc3ccc(F)cc3)cc2)sc(C)c1C. The van der Waals surface area contributed by atoms with Crippen LogP contribution in [0.25, 0.3) is 6.08 Å². The van der Waals surface area contributed by atoms with Gasteiger partial charge in [-0.15, -0.1) is 11.3 Å². The van der Waals surface area contributed by atoms with Crippen LogP contribution in [0.3, 0.4) is 0 Å². The summed E-state index contributed by atoms with van der Waals surface area (Å²) in [6, 6.07) is 14.8. The van der Waals surface area contributed by atoms with Gasteiger partial charge in [0.15, 0.2) is 0 Å². The van der Waals surface area contributed by atoms with Gasteiger partial charge < -0.3 is 14.8 Å². The summed E-state index contributed by atoms with van der Waals surface area (Å²) in [4.78, 5) is 26.0. The highest BCUT2D eigenvalue weighted by atomic mass is 32.1. The Kier molecular flexibility index (Phi) is 8.17. The molecule has 2 aromatic carbocycles. The number of halogens is 1. The lowest BCUT2D eigenvalue weighted by atomic mass is 10.1. The topological polar surface area (TPSA) is 88.4 Å². The molecule has 1 aromatic heterocycles. The number of rotatable bonds is 8. The molecule has 3 rings (SSSR count). The van der Waals surface area contributed by atoms with Crippen LogP contribution >= 0.6 is 11.3 Å². The third-order valence-electron chi connectivity index (χ3n) is 4.97. The maximum absolute atomic E-state index is 13.0. The molecule has 3 aromatic rings. The number of hydrogen-bond donors (Lipinski definition) is 1. The molecule has 0 radical (unpaired) electrons. The molecule has 1 heterocycles. The smallest absolute Gasteiger partial charge is 0.341 e. The molecule has 0 saturated heterocycles. The van der Waals surface area contributed by atoms with E-state index in [0.29, 0.717) is 21.9 Å². The molecule has 1 N–H and O–H groups in total. The number of thiophene rings is 1. The zero-order valence-corrected chi connectivity index (χ0v) is 19.8. The number of carbonyl (C=O) groups excluding carboxylic acids is 2. The third-order valence-corrected chi connectivity index (χ3v) is 6.09. The number of esters is 1. The molecule has 0 aliphatic carbocycles. The zero-order chi connectivity index (χ0) is 24.7. The van der Waals surface area contributed by atoms with Crippen molar-refractivity contribution < 1.29 is 23.5 Å². The van der Waals surface area contributed by atoms with Crippen LogP contribution < -0.4 is 10.1 Å². The van der Waals surface area contributed by atoms with Crippen molar-refractivity contribution in [1.82, 2.24) is 0 Å². The number of amides is 1. The number of nitriles is 1. The molecule has 0 unspecified atom stereocenters. The molecule has 0 aliphatic heterocycles. The summed E-state index contributed by atoms with van der Waals surface area (Å²) >= 11 is 1.26. The van der Waals surface area contributed by atoms with Crippen molar-refractivity contribution in [2.24, 2.45) is 0 Å². The third kappa shape index (κ3) is 6.09.